The summed E-state index contributed by atoms with van der Waals surface area (Å²) in [7, 11) is 0. The van der Waals surface area contributed by atoms with Gasteiger partial charge in [-0.2, -0.15) is 0 Å². The van der Waals surface area contributed by atoms with Crippen molar-refractivity contribution in [3.63, 3.8) is 0 Å². The lowest BCUT2D eigenvalue weighted by atomic mass is 9.41. The first-order chi connectivity index (χ1) is 22.9. The summed E-state index contributed by atoms with van der Waals surface area (Å²) in [6.45, 7) is 18.2. The van der Waals surface area contributed by atoms with Crippen LogP contribution in [0.3, 0.4) is 0 Å². The molecule has 7 aliphatic rings. The van der Waals surface area contributed by atoms with E-state index in [1.54, 1.807) is 13.8 Å². The van der Waals surface area contributed by atoms with Crippen molar-refractivity contribution < 1.29 is 44.2 Å². The van der Waals surface area contributed by atoms with E-state index in [9.17, 15) is 25.2 Å². The first kappa shape index (κ1) is 36.5. The summed E-state index contributed by atoms with van der Waals surface area (Å²) < 4.78 is 25.4. The number of morpholine rings is 1. The number of hydrogen-bond acceptors (Lipinski definition) is 10. The minimum Gasteiger partial charge on any atom is -0.457 e. The zero-order valence-electron chi connectivity index (χ0n) is 31.3. The van der Waals surface area contributed by atoms with Crippen LogP contribution in [0.5, 0.6) is 0 Å². The molecule has 2 spiro atoms. The summed E-state index contributed by atoms with van der Waals surface area (Å²) >= 11 is 0. The molecule has 5 aliphatic carbocycles. The molecule has 0 radical (unpaired) electrons. The van der Waals surface area contributed by atoms with Gasteiger partial charge in [-0.25, -0.2) is 0 Å². The monoisotopic (exact) mass is 691 g/mol. The van der Waals surface area contributed by atoms with Crippen LogP contribution in [0.4, 0.5) is 0 Å². The fourth-order valence-corrected chi connectivity index (χ4v) is 14.1. The SMILES string of the molecule is CC(=O)OC(C1CC(C)C2C(O1)C(O)C1(C)C3CCC4C(C)(C)C(OC5CN(C(CO)CO)CCO5)CCC45CC35CCC21C)C(C)(C)O. The van der Waals surface area contributed by atoms with E-state index in [4.69, 9.17) is 18.9 Å². The van der Waals surface area contributed by atoms with Gasteiger partial charge in [-0.3, -0.25) is 9.69 Å². The van der Waals surface area contributed by atoms with Gasteiger partial charge >= 0.3 is 5.97 Å². The molecule has 7 fully saturated rings. The summed E-state index contributed by atoms with van der Waals surface area (Å²) in [6.07, 6.45) is 5.93. The molecule has 14 atom stereocenters. The zero-order valence-corrected chi connectivity index (χ0v) is 31.3. The van der Waals surface area contributed by atoms with Gasteiger partial charge in [-0.15, -0.1) is 0 Å². The normalized spacial score (nSPS) is 49.6. The molecule has 2 saturated heterocycles. The van der Waals surface area contributed by atoms with Crippen LogP contribution in [-0.4, -0.2) is 113 Å². The Morgan fingerprint density at radius 2 is 1.69 bits per heavy atom. The maximum atomic E-state index is 12.6. The quantitative estimate of drug-likeness (QED) is 0.278. The van der Waals surface area contributed by atoms with Crippen molar-refractivity contribution >= 4 is 5.97 Å². The topological polar surface area (TPSA) is 138 Å². The minimum absolute atomic E-state index is 0.0384. The number of carbonyl (C=O) groups excluding carboxylic acids is 1. The van der Waals surface area contributed by atoms with Crippen LogP contribution >= 0.6 is 0 Å². The van der Waals surface area contributed by atoms with Crippen LogP contribution in [0.25, 0.3) is 0 Å². The lowest BCUT2D eigenvalue weighted by Crippen LogP contribution is -2.60. The Morgan fingerprint density at radius 3 is 2.35 bits per heavy atom. The standard InChI is InChI=1S/C39H65NO9/c1-22-17-25(33(35(5,6)45)47-23(2)43)48-31-30(22)36(7)13-14-39-21-38(39)12-11-28(49-29-18-40(15-16-46-29)24(19-41)20-42)34(3,4)26(38)9-10-27(39)37(36,8)32(31)44/h22,24-33,41-42,44-45H,9-21H2,1-8H3. The minimum atomic E-state index is -1.27. The average Bonchev–Trinajstić information content (AvgIpc) is 3.66. The molecule has 14 unspecified atom stereocenters. The van der Waals surface area contributed by atoms with Gasteiger partial charge in [0.15, 0.2) is 12.4 Å². The van der Waals surface area contributed by atoms with Crippen LogP contribution in [0.1, 0.15) is 107 Å². The zero-order chi connectivity index (χ0) is 35.5. The van der Waals surface area contributed by atoms with Crippen molar-refractivity contribution in [1.82, 2.24) is 4.90 Å². The largest absolute Gasteiger partial charge is 0.457 e. The number of hydrogen-bond donors (Lipinski definition) is 4. The first-order valence-corrected chi connectivity index (χ1v) is 19.4. The summed E-state index contributed by atoms with van der Waals surface area (Å²) in [4.78, 5) is 14.2. The number of rotatable bonds is 8. The Hall–Kier alpha value is -0.850. The molecule has 10 nitrogen and oxygen atoms in total. The molecule has 2 aliphatic heterocycles. The highest BCUT2D eigenvalue weighted by Gasteiger charge is 2.84. The highest BCUT2D eigenvalue weighted by Crippen LogP contribution is 2.89. The second-order valence-corrected chi connectivity index (χ2v) is 19.2. The van der Waals surface area contributed by atoms with Crippen LogP contribution in [-0.2, 0) is 23.7 Å². The Balaban J connectivity index is 1.11. The Morgan fingerprint density at radius 1 is 1.02 bits per heavy atom. The molecule has 0 aromatic heterocycles. The van der Waals surface area contributed by atoms with E-state index in [0.29, 0.717) is 38.0 Å². The van der Waals surface area contributed by atoms with Crippen molar-refractivity contribution in [2.75, 3.05) is 32.9 Å². The summed E-state index contributed by atoms with van der Waals surface area (Å²) in [5.74, 6) is 0.942. The molecular weight excluding hydrogens is 626 g/mol. The first-order valence-electron chi connectivity index (χ1n) is 19.4. The molecule has 280 valence electrons. The van der Waals surface area contributed by atoms with Gasteiger partial charge in [-0.05, 0) is 111 Å². The fourth-order valence-electron chi connectivity index (χ4n) is 14.1. The number of aliphatic hydroxyl groups is 4. The third-order valence-electron chi connectivity index (χ3n) is 16.4. The molecule has 2 heterocycles. The lowest BCUT2D eigenvalue weighted by molar-refractivity contribution is -0.252. The third kappa shape index (κ3) is 5.11. The smallest absolute Gasteiger partial charge is 0.303 e. The van der Waals surface area contributed by atoms with E-state index in [-0.39, 0.29) is 76.7 Å². The summed E-state index contributed by atoms with van der Waals surface area (Å²) in [6, 6.07) is -0.288. The van der Waals surface area contributed by atoms with Gasteiger partial charge in [-0.1, -0.05) is 34.6 Å². The lowest BCUT2D eigenvalue weighted by Gasteiger charge is -2.64. The Bertz CT molecular complexity index is 1270. The van der Waals surface area contributed by atoms with Crippen molar-refractivity contribution in [2.45, 2.75) is 155 Å². The molecule has 4 N–H and O–H groups in total. The van der Waals surface area contributed by atoms with E-state index >= 15 is 0 Å². The molecule has 0 aromatic rings. The average molecular weight is 692 g/mol. The number of ether oxygens (including phenoxy) is 4. The Kier molecular flexibility index (Phi) is 9.00. The fraction of sp³-hybridized carbons (Fsp3) is 0.974. The predicted molar refractivity (Wildman–Crippen MR) is 182 cm³/mol. The maximum absolute atomic E-state index is 12.6. The maximum Gasteiger partial charge on any atom is 0.303 e. The molecule has 49 heavy (non-hydrogen) atoms. The van der Waals surface area contributed by atoms with Gasteiger partial charge in [0.05, 0.1) is 62.4 Å². The summed E-state index contributed by atoms with van der Waals surface area (Å²) in [5, 5.41) is 43.1. The van der Waals surface area contributed by atoms with Crippen molar-refractivity contribution in [3.05, 3.63) is 0 Å². The van der Waals surface area contributed by atoms with Gasteiger partial charge in [0.2, 0.25) is 0 Å². The molecule has 10 heteroatoms. The number of nitrogens with zero attached hydrogens (tertiary/aromatic N) is 1. The van der Waals surface area contributed by atoms with Crippen molar-refractivity contribution in [3.8, 4) is 0 Å². The predicted octanol–water partition coefficient (Wildman–Crippen LogP) is 3.90. The van der Waals surface area contributed by atoms with Crippen LogP contribution in [0, 0.1) is 50.7 Å². The van der Waals surface area contributed by atoms with Gasteiger partial charge in [0, 0.05) is 18.9 Å². The van der Waals surface area contributed by atoms with E-state index in [1.165, 1.54) is 19.8 Å². The van der Waals surface area contributed by atoms with E-state index in [2.05, 4.69) is 39.5 Å². The molecule has 7 rings (SSSR count). The van der Waals surface area contributed by atoms with E-state index < -0.39 is 29.9 Å². The highest BCUT2D eigenvalue weighted by molar-refractivity contribution is 5.66. The van der Waals surface area contributed by atoms with E-state index in [1.807, 2.05) is 0 Å². The van der Waals surface area contributed by atoms with Crippen molar-refractivity contribution in [2.24, 2.45) is 50.7 Å². The van der Waals surface area contributed by atoms with Gasteiger partial charge in [0.25, 0.3) is 0 Å². The summed E-state index contributed by atoms with van der Waals surface area (Å²) in [5.41, 5.74) is -1.23. The van der Waals surface area contributed by atoms with E-state index in [0.717, 1.165) is 32.1 Å². The molecule has 0 aromatic carbocycles. The van der Waals surface area contributed by atoms with Crippen molar-refractivity contribution in [1.29, 1.82) is 0 Å². The van der Waals surface area contributed by atoms with Gasteiger partial charge < -0.3 is 39.4 Å². The number of carbonyl (C=O) groups is 1. The second kappa shape index (κ2) is 12.1. The molecule has 5 saturated carbocycles. The third-order valence-corrected chi connectivity index (χ3v) is 16.4. The number of aliphatic hydroxyl groups excluding tert-OH is 3. The van der Waals surface area contributed by atoms with Crippen LogP contribution in [0.15, 0.2) is 0 Å². The van der Waals surface area contributed by atoms with Gasteiger partial charge in [0.1, 0.15) is 0 Å². The highest BCUT2D eigenvalue weighted by atomic mass is 16.7. The van der Waals surface area contributed by atoms with Crippen LogP contribution in [0.2, 0.25) is 0 Å². The number of esters is 1. The van der Waals surface area contributed by atoms with Crippen LogP contribution < -0.4 is 0 Å². The Labute approximate surface area is 293 Å². The molecule has 0 bridgehead atoms. The number of fused-ring (bicyclic) bond motifs is 4. The molecule has 0 amide bonds. The molecular formula is C39H65NO9. The second-order valence-electron chi connectivity index (χ2n) is 19.2.